The van der Waals surface area contributed by atoms with E-state index >= 15 is 0 Å². The highest BCUT2D eigenvalue weighted by molar-refractivity contribution is 7.14. The highest BCUT2D eigenvalue weighted by atomic mass is 32.1. The molecule has 0 spiro atoms. The Labute approximate surface area is 120 Å². The van der Waals surface area contributed by atoms with E-state index < -0.39 is 0 Å². The molecule has 2 aromatic heterocycles. The molecular weight excluding hydrogens is 278 g/mol. The summed E-state index contributed by atoms with van der Waals surface area (Å²) in [5.41, 5.74) is 2.15. The van der Waals surface area contributed by atoms with Gasteiger partial charge in [0.2, 0.25) is 0 Å². The second-order valence-corrected chi connectivity index (χ2v) is 6.51. The number of hydrogen-bond donors (Lipinski definition) is 2. The highest BCUT2D eigenvalue weighted by Crippen LogP contribution is 2.18. The third-order valence-electron chi connectivity index (χ3n) is 2.76. The molecule has 1 amide bonds. The second-order valence-electron chi connectivity index (χ2n) is 4.31. The van der Waals surface area contributed by atoms with Gasteiger partial charge >= 0.3 is 0 Å². The van der Waals surface area contributed by atoms with E-state index in [2.05, 4.69) is 34.9 Å². The standard InChI is InChI=1S/C13H17N3OS2/c1-16(7-6-10-3-2-8-18-10)9-11-4-5-12(19-11)13(17)15-14/h2-5,8H,6-7,9,14H2,1H3,(H,15,17). The van der Waals surface area contributed by atoms with Crippen molar-refractivity contribution in [2.75, 3.05) is 13.6 Å². The minimum absolute atomic E-state index is 0.225. The van der Waals surface area contributed by atoms with Gasteiger partial charge in [0.1, 0.15) is 0 Å². The number of rotatable bonds is 6. The van der Waals surface area contributed by atoms with E-state index in [9.17, 15) is 4.79 Å². The van der Waals surface area contributed by atoms with Crippen LogP contribution in [0.1, 0.15) is 19.4 Å². The number of hydrazine groups is 1. The lowest BCUT2D eigenvalue weighted by atomic mass is 10.3. The molecule has 4 nitrogen and oxygen atoms in total. The molecule has 3 N–H and O–H groups in total. The Morgan fingerprint density at radius 2 is 2.21 bits per heavy atom. The first-order valence-corrected chi connectivity index (χ1v) is 7.69. The van der Waals surface area contributed by atoms with Crippen molar-refractivity contribution in [3.05, 3.63) is 44.3 Å². The van der Waals surface area contributed by atoms with Crippen molar-refractivity contribution >= 4 is 28.6 Å². The number of likely N-dealkylation sites (N-methyl/N-ethyl adjacent to an activating group) is 1. The Morgan fingerprint density at radius 3 is 2.89 bits per heavy atom. The summed E-state index contributed by atoms with van der Waals surface area (Å²) >= 11 is 3.28. The lowest BCUT2D eigenvalue weighted by Crippen LogP contribution is -2.29. The van der Waals surface area contributed by atoms with Crippen molar-refractivity contribution in [1.82, 2.24) is 10.3 Å². The molecule has 2 aromatic rings. The number of nitrogens with two attached hydrogens (primary N) is 1. The number of nitrogens with one attached hydrogen (secondary N) is 1. The number of thiophene rings is 2. The average Bonchev–Trinajstić information content (AvgIpc) is 3.06. The lowest BCUT2D eigenvalue weighted by molar-refractivity contribution is 0.0957. The molecular formula is C13H17N3OS2. The Hall–Kier alpha value is -1.21. The fourth-order valence-electron chi connectivity index (χ4n) is 1.76. The summed E-state index contributed by atoms with van der Waals surface area (Å²) in [5, 5.41) is 2.10. The van der Waals surface area contributed by atoms with Crippen LogP contribution in [0, 0.1) is 0 Å². The number of hydrogen-bond acceptors (Lipinski definition) is 5. The zero-order chi connectivity index (χ0) is 13.7. The Bertz CT molecular complexity index is 522. The van der Waals surface area contributed by atoms with E-state index in [0.717, 1.165) is 19.5 Å². The second kappa shape index (κ2) is 6.81. The molecule has 0 atom stereocenters. The maximum atomic E-state index is 11.4. The van der Waals surface area contributed by atoms with Crippen molar-refractivity contribution < 1.29 is 4.79 Å². The van der Waals surface area contributed by atoms with Gasteiger partial charge in [-0.05, 0) is 37.0 Å². The van der Waals surface area contributed by atoms with Crippen LogP contribution in [0.5, 0.6) is 0 Å². The summed E-state index contributed by atoms with van der Waals surface area (Å²) in [4.78, 5) is 16.8. The van der Waals surface area contributed by atoms with Crippen molar-refractivity contribution in [3.63, 3.8) is 0 Å². The van der Waals surface area contributed by atoms with E-state index in [0.29, 0.717) is 4.88 Å². The van der Waals surface area contributed by atoms with E-state index in [1.54, 1.807) is 11.3 Å². The Balaban J connectivity index is 1.83. The van der Waals surface area contributed by atoms with Crippen molar-refractivity contribution in [2.45, 2.75) is 13.0 Å². The number of nitrogens with zero attached hydrogens (tertiary/aromatic N) is 1. The first-order chi connectivity index (χ1) is 9.19. The predicted octanol–water partition coefficient (Wildman–Crippen LogP) is 2.09. The van der Waals surface area contributed by atoms with Crippen LogP contribution in [-0.4, -0.2) is 24.4 Å². The molecule has 0 aliphatic heterocycles. The van der Waals surface area contributed by atoms with Gasteiger partial charge in [0.25, 0.3) is 5.91 Å². The van der Waals surface area contributed by atoms with E-state index in [1.807, 2.05) is 12.1 Å². The monoisotopic (exact) mass is 295 g/mol. The summed E-state index contributed by atoms with van der Waals surface area (Å²) in [6.07, 6.45) is 1.07. The van der Waals surface area contributed by atoms with Crippen LogP contribution in [0.3, 0.4) is 0 Å². The normalized spacial score (nSPS) is 10.9. The van der Waals surface area contributed by atoms with Gasteiger partial charge in [-0.15, -0.1) is 22.7 Å². The first-order valence-electron chi connectivity index (χ1n) is 5.99. The van der Waals surface area contributed by atoms with Crippen LogP contribution in [0.25, 0.3) is 0 Å². The minimum Gasteiger partial charge on any atom is -0.301 e. The summed E-state index contributed by atoms with van der Waals surface area (Å²) in [5.74, 6) is 4.89. The van der Waals surface area contributed by atoms with E-state index in [-0.39, 0.29) is 5.91 Å². The van der Waals surface area contributed by atoms with Crippen molar-refractivity contribution in [2.24, 2.45) is 5.84 Å². The summed E-state index contributed by atoms with van der Waals surface area (Å²) in [6.45, 7) is 1.87. The number of carbonyl (C=O) groups is 1. The Morgan fingerprint density at radius 1 is 1.37 bits per heavy atom. The van der Waals surface area contributed by atoms with Gasteiger partial charge in [0.15, 0.2) is 0 Å². The zero-order valence-corrected chi connectivity index (χ0v) is 12.4. The van der Waals surface area contributed by atoms with Crippen molar-refractivity contribution in [3.8, 4) is 0 Å². The van der Waals surface area contributed by atoms with Gasteiger partial charge in [-0.3, -0.25) is 10.2 Å². The van der Waals surface area contributed by atoms with E-state index in [1.165, 1.54) is 21.1 Å². The van der Waals surface area contributed by atoms with Crippen LogP contribution < -0.4 is 11.3 Å². The summed E-state index contributed by atoms with van der Waals surface area (Å²) in [7, 11) is 2.09. The van der Waals surface area contributed by atoms with Crippen LogP contribution in [0.15, 0.2) is 29.6 Å². The third kappa shape index (κ3) is 4.14. The summed E-state index contributed by atoms with van der Waals surface area (Å²) in [6, 6.07) is 8.04. The molecule has 6 heteroatoms. The highest BCUT2D eigenvalue weighted by Gasteiger charge is 2.09. The maximum Gasteiger partial charge on any atom is 0.275 e. The molecule has 0 aromatic carbocycles. The fraction of sp³-hybridized carbons (Fsp3) is 0.308. The minimum atomic E-state index is -0.225. The quantitative estimate of drug-likeness (QED) is 0.487. The zero-order valence-electron chi connectivity index (χ0n) is 10.8. The van der Waals surface area contributed by atoms with E-state index in [4.69, 9.17) is 5.84 Å². The molecule has 0 saturated carbocycles. The van der Waals surface area contributed by atoms with Gasteiger partial charge in [-0.1, -0.05) is 6.07 Å². The molecule has 0 saturated heterocycles. The molecule has 19 heavy (non-hydrogen) atoms. The number of amides is 1. The number of nitrogen functional groups attached to an aromatic ring is 1. The molecule has 0 bridgehead atoms. The average molecular weight is 295 g/mol. The largest absolute Gasteiger partial charge is 0.301 e. The molecule has 0 unspecified atom stereocenters. The van der Waals surface area contributed by atoms with Crippen LogP contribution >= 0.6 is 22.7 Å². The van der Waals surface area contributed by atoms with Crippen LogP contribution in [-0.2, 0) is 13.0 Å². The van der Waals surface area contributed by atoms with Gasteiger partial charge in [-0.25, -0.2) is 5.84 Å². The molecule has 2 heterocycles. The smallest absolute Gasteiger partial charge is 0.275 e. The van der Waals surface area contributed by atoms with Crippen LogP contribution in [0.4, 0.5) is 0 Å². The molecule has 0 radical (unpaired) electrons. The predicted molar refractivity (Wildman–Crippen MR) is 80.3 cm³/mol. The van der Waals surface area contributed by atoms with Crippen LogP contribution in [0.2, 0.25) is 0 Å². The topological polar surface area (TPSA) is 58.4 Å². The lowest BCUT2D eigenvalue weighted by Gasteiger charge is -2.14. The van der Waals surface area contributed by atoms with Gasteiger partial charge < -0.3 is 4.90 Å². The first kappa shape index (κ1) is 14.2. The Kier molecular flexibility index (Phi) is 5.09. The molecule has 0 fully saturated rings. The maximum absolute atomic E-state index is 11.4. The SMILES string of the molecule is CN(CCc1cccs1)Cc1ccc(C(=O)NN)s1. The van der Waals surface area contributed by atoms with Gasteiger partial charge in [0, 0.05) is 22.8 Å². The molecule has 102 valence electrons. The van der Waals surface area contributed by atoms with Crippen molar-refractivity contribution in [1.29, 1.82) is 0 Å². The third-order valence-corrected chi connectivity index (χ3v) is 4.77. The fourth-order valence-corrected chi connectivity index (χ4v) is 3.45. The van der Waals surface area contributed by atoms with Gasteiger partial charge in [0.05, 0.1) is 4.88 Å². The molecule has 0 aliphatic rings. The number of carbonyl (C=O) groups excluding carboxylic acids is 1. The van der Waals surface area contributed by atoms with Gasteiger partial charge in [-0.2, -0.15) is 0 Å². The molecule has 0 aliphatic carbocycles. The summed E-state index contributed by atoms with van der Waals surface area (Å²) < 4.78 is 0. The molecule has 2 rings (SSSR count).